The number of anilines is 3. The molecule has 0 aromatic carbocycles. The third kappa shape index (κ3) is 5.06. The molecule has 4 heterocycles. The second kappa shape index (κ2) is 11.1. The quantitative estimate of drug-likeness (QED) is 0.488. The van der Waals surface area contributed by atoms with Gasteiger partial charge < -0.3 is 19.9 Å². The molecule has 0 radical (unpaired) electrons. The fourth-order valence-corrected chi connectivity index (χ4v) is 4.73. The van der Waals surface area contributed by atoms with Crippen molar-refractivity contribution in [2.75, 3.05) is 48.9 Å². The Morgan fingerprint density at radius 1 is 1.17 bits per heavy atom. The smallest absolute Gasteiger partial charge is 0.277 e. The average Bonchev–Trinajstić information content (AvgIpc) is 3.28. The van der Waals surface area contributed by atoms with Crippen LogP contribution in [0.2, 0.25) is 0 Å². The van der Waals surface area contributed by atoms with Crippen molar-refractivity contribution in [2.45, 2.75) is 52.8 Å². The third-order valence-electron chi connectivity index (χ3n) is 6.64. The van der Waals surface area contributed by atoms with Gasteiger partial charge >= 0.3 is 0 Å². The molecule has 192 valence electrons. The first-order valence-electron chi connectivity index (χ1n) is 12.7. The first-order chi connectivity index (χ1) is 17.4. The number of aromatic nitrogens is 4. The maximum Gasteiger partial charge on any atom is 0.277 e. The van der Waals surface area contributed by atoms with Gasteiger partial charge in [0, 0.05) is 58.3 Å². The molecule has 0 saturated carbocycles. The number of hydrogen-bond acceptors (Lipinski definition) is 8. The lowest BCUT2D eigenvalue weighted by atomic mass is 10.1. The number of ether oxygens (including phenoxy) is 1. The summed E-state index contributed by atoms with van der Waals surface area (Å²) in [4.78, 5) is 32.1. The zero-order chi connectivity index (χ0) is 25.8. The molecule has 1 saturated heterocycles. The van der Waals surface area contributed by atoms with E-state index in [4.69, 9.17) is 9.72 Å². The van der Waals surface area contributed by atoms with Crippen molar-refractivity contribution in [1.82, 2.24) is 19.5 Å². The van der Waals surface area contributed by atoms with E-state index in [1.54, 1.807) is 10.8 Å². The van der Waals surface area contributed by atoms with Crippen molar-refractivity contribution >= 4 is 17.3 Å². The third-order valence-corrected chi connectivity index (χ3v) is 6.64. The van der Waals surface area contributed by atoms with Crippen molar-refractivity contribution in [3.8, 4) is 11.4 Å². The Kier molecular flexibility index (Phi) is 7.88. The van der Waals surface area contributed by atoms with Gasteiger partial charge in [0.15, 0.2) is 0 Å². The lowest BCUT2D eigenvalue weighted by molar-refractivity contribution is 0.0719. The fraction of sp³-hybridized carbons (Fsp3) is 0.481. The molecule has 0 spiro atoms. The summed E-state index contributed by atoms with van der Waals surface area (Å²) >= 11 is 0. The van der Waals surface area contributed by atoms with Gasteiger partial charge in [-0.3, -0.25) is 9.36 Å². The fourth-order valence-electron chi connectivity index (χ4n) is 4.73. The summed E-state index contributed by atoms with van der Waals surface area (Å²) in [5.74, 6) is 2.44. The van der Waals surface area contributed by atoms with Crippen LogP contribution in [0.25, 0.3) is 11.4 Å². The van der Waals surface area contributed by atoms with Crippen LogP contribution in [0.5, 0.6) is 0 Å². The van der Waals surface area contributed by atoms with E-state index in [0.717, 1.165) is 28.5 Å². The van der Waals surface area contributed by atoms with Gasteiger partial charge in [0.2, 0.25) is 0 Å². The maximum absolute atomic E-state index is 13.8. The molecule has 4 rings (SSSR count). The van der Waals surface area contributed by atoms with Crippen LogP contribution < -0.4 is 20.7 Å². The van der Waals surface area contributed by atoms with E-state index in [1.165, 1.54) is 0 Å². The van der Waals surface area contributed by atoms with E-state index in [1.807, 2.05) is 77.2 Å². The molecule has 3 aromatic heterocycles. The van der Waals surface area contributed by atoms with Gasteiger partial charge in [-0.2, -0.15) is 0 Å². The van der Waals surface area contributed by atoms with Crippen molar-refractivity contribution in [3.63, 3.8) is 0 Å². The summed E-state index contributed by atoms with van der Waals surface area (Å²) in [7, 11) is 3.93. The van der Waals surface area contributed by atoms with Gasteiger partial charge in [0.1, 0.15) is 23.1 Å². The molecule has 2 unspecified atom stereocenters. The molecule has 0 bridgehead atoms. The van der Waals surface area contributed by atoms with Gasteiger partial charge in [-0.05, 0) is 51.0 Å². The Bertz CT molecular complexity index is 1240. The molecule has 1 aliphatic heterocycles. The van der Waals surface area contributed by atoms with Crippen LogP contribution in [0.1, 0.15) is 32.0 Å². The summed E-state index contributed by atoms with van der Waals surface area (Å²) in [6, 6.07) is 7.86. The largest absolute Gasteiger partial charge is 0.374 e. The predicted octanol–water partition coefficient (Wildman–Crippen LogP) is 3.36. The summed E-state index contributed by atoms with van der Waals surface area (Å²) in [6.07, 6.45) is 4.18. The minimum atomic E-state index is -0.0686. The van der Waals surface area contributed by atoms with Crippen molar-refractivity contribution in [2.24, 2.45) is 0 Å². The molecule has 1 N–H and O–H groups in total. The lowest BCUT2D eigenvalue weighted by Crippen LogP contribution is -2.38. The van der Waals surface area contributed by atoms with Crippen molar-refractivity contribution < 1.29 is 4.74 Å². The summed E-state index contributed by atoms with van der Waals surface area (Å²) < 4.78 is 7.81. The van der Waals surface area contributed by atoms with Crippen LogP contribution in [0, 0.1) is 6.92 Å². The van der Waals surface area contributed by atoms with Crippen LogP contribution in [-0.2, 0) is 17.7 Å². The van der Waals surface area contributed by atoms with Gasteiger partial charge in [-0.15, -0.1) is 0 Å². The standard InChI is InChI=1S/C27H37N7O2/c1-7-20-25(30-21-16-33(17-22(21)36-9-3)23-12-10-11-13-28-23)27(35)34(8-2)26(31-20)19-15-29-24(32(5)6)14-18(19)4/h10-15,21-22,30H,7-9,16-17H2,1-6H3. The number of rotatable bonds is 9. The maximum atomic E-state index is 13.8. The van der Waals surface area contributed by atoms with Gasteiger partial charge in [-0.1, -0.05) is 13.0 Å². The highest BCUT2D eigenvalue weighted by Gasteiger charge is 2.35. The summed E-state index contributed by atoms with van der Waals surface area (Å²) in [5, 5.41) is 3.54. The van der Waals surface area contributed by atoms with Crippen LogP contribution in [0.15, 0.2) is 41.5 Å². The van der Waals surface area contributed by atoms with Crippen LogP contribution in [-0.4, -0.2) is 65.5 Å². The highest BCUT2D eigenvalue weighted by Crippen LogP contribution is 2.27. The van der Waals surface area contributed by atoms with Gasteiger partial charge in [-0.25, -0.2) is 15.0 Å². The number of pyridine rings is 2. The predicted molar refractivity (Wildman–Crippen MR) is 145 cm³/mol. The van der Waals surface area contributed by atoms with E-state index in [2.05, 4.69) is 20.2 Å². The zero-order valence-corrected chi connectivity index (χ0v) is 22.2. The molecule has 3 aromatic rings. The van der Waals surface area contributed by atoms with E-state index < -0.39 is 0 Å². The monoisotopic (exact) mass is 491 g/mol. The Morgan fingerprint density at radius 3 is 2.58 bits per heavy atom. The molecule has 1 aliphatic rings. The Morgan fingerprint density at radius 2 is 1.97 bits per heavy atom. The topological polar surface area (TPSA) is 88.4 Å². The van der Waals surface area contributed by atoms with E-state index in [9.17, 15) is 4.79 Å². The number of hydrogen-bond donors (Lipinski definition) is 1. The second-order valence-corrected chi connectivity index (χ2v) is 9.25. The molecule has 9 nitrogen and oxygen atoms in total. The highest BCUT2D eigenvalue weighted by atomic mass is 16.5. The molecule has 0 aliphatic carbocycles. The highest BCUT2D eigenvalue weighted by molar-refractivity contribution is 5.64. The molecule has 2 atom stereocenters. The molecule has 36 heavy (non-hydrogen) atoms. The van der Waals surface area contributed by atoms with Gasteiger partial charge in [0.25, 0.3) is 5.56 Å². The normalized spacial score (nSPS) is 17.4. The number of nitrogens with zero attached hydrogens (tertiary/aromatic N) is 6. The number of nitrogens with one attached hydrogen (secondary N) is 1. The van der Waals surface area contributed by atoms with E-state index >= 15 is 0 Å². The first-order valence-corrected chi connectivity index (χ1v) is 12.7. The first kappa shape index (κ1) is 25.6. The minimum Gasteiger partial charge on any atom is -0.374 e. The Labute approximate surface area is 213 Å². The van der Waals surface area contributed by atoms with E-state index in [0.29, 0.717) is 44.2 Å². The molecular formula is C27H37N7O2. The molecule has 9 heteroatoms. The SMILES string of the molecule is CCOC1CN(c2ccccn2)CC1Nc1c(CC)nc(-c2cnc(N(C)C)cc2C)n(CC)c1=O. The lowest BCUT2D eigenvalue weighted by Gasteiger charge is -2.23. The average molecular weight is 492 g/mol. The molecular weight excluding hydrogens is 454 g/mol. The second-order valence-electron chi connectivity index (χ2n) is 9.25. The van der Waals surface area contributed by atoms with E-state index in [-0.39, 0.29) is 17.7 Å². The Balaban J connectivity index is 1.71. The molecule has 0 amide bonds. The zero-order valence-electron chi connectivity index (χ0n) is 22.2. The van der Waals surface area contributed by atoms with Crippen LogP contribution in [0.3, 0.4) is 0 Å². The minimum absolute atomic E-state index is 0.0642. The van der Waals surface area contributed by atoms with Crippen LogP contribution >= 0.6 is 0 Å². The Hall–Kier alpha value is -3.46. The van der Waals surface area contributed by atoms with Gasteiger partial charge in [0.05, 0.1) is 17.8 Å². The van der Waals surface area contributed by atoms with Crippen LogP contribution in [0.4, 0.5) is 17.3 Å². The summed E-state index contributed by atoms with van der Waals surface area (Å²) in [6.45, 7) is 10.5. The molecule has 1 fully saturated rings. The summed E-state index contributed by atoms with van der Waals surface area (Å²) in [5.41, 5.74) is 3.14. The number of aryl methyl sites for hydroxylation is 2. The van der Waals surface area contributed by atoms with Crippen molar-refractivity contribution in [3.05, 3.63) is 58.3 Å². The van der Waals surface area contributed by atoms with Crippen molar-refractivity contribution in [1.29, 1.82) is 0 Å².